The van der Waals surface area contributed by atoms with E-state index in [1.54, 1.807) is 6.92 Å². The number of hydrogen-bond acceptors (Lipinski definition) is 4. The molecule has 0 bridgehead atoms. The van der Waals surface area contributed by atoms with E-state index in [0.717, 1.165) is 5.56 Å². The lowest BCUT2D eigenvalue weighted by molar-refractivity contribution is 0.0689. The minimum Gasteiger partial charge on any atom is -0.476 e. The lowest BCUT2D eigenvalue weighted by Crippen LogP contribution is -2.14. The van der Waals surface area contributed by atoms with Gasteiger partial charge in [0.05, 0.1) is 6.04 Å². The molecule has 5 nitrogen and oxygen atoms in total. The zero-order valence-corrected chi connectivity index (χ0v) is 9.96. The van der Waals surface area contributed by atoms with E-state index in [4.69, 9.17) is 15.3 Å². The highest BCUT2D eigenvalue weighted by atomic mass is 16.4. The Morgan fingerprint density at radius 2 is 2.11 bits per heavy atom. The minimum atomic E-state index is -1.10. The zero-order valence-electron chi connectivity index (χ0n) is 9.96. The van der Waals surface area contributed by atoms with Crippen molar-refractivity contribution in [1.29, 1.82) is 0 Å². The first-order valence-corrected chi connectivity index (χ1v) is 5.58. The Kier molecular flexibility index (Phi) is 3.43. The maximum atomic E-state index is 10.9. The molecule has 1 atom stereocenters. The molecular formula is C13H14N2O3. The summed E-state index contributed by atoms with van der Waals surface area (Å²) in [6.45, 7) is 1.56. The van der Waals surface area contributed by atoms with Crippen LogP contribution in [0.25, 0.3) is 0 Å². The van der Waals surface area contributed by atoms with Crippen LogP contribution in [0, 0.1) is 6.92 Å². The zero-order chi connectivity index (χ0) is 13.1. The van der Waals surface area contributed by atoms with Gasteiger partial charge in [0.1, 0.15) is 5.76 Å². The van der Waals surface area contributed by atoms with Crippen molar-refractivity contribution in [1.82, 2.24) is 4.98 Å². The van der Waals surface area contributed by atoms with Gasteiger partial charge in [-0.3, -0.25) is 0 Å². The summed E-state index contributed by atoms with van der Waals surface area (Å²) in [6.07, 6.45) is 0.555. The summed E-state index contributed by atoms with van der Waals surface area (Å²) >= 11 is 0. The number of oxazole rings is 1. The highest BCUT2D eigenvalue weighted by Gasteiger charge is 2.20. The van der Waals surface area contributed by atoms with Crippen molar-refractivity contribution < 1.29 is 14.3 Å². The van der Waals surface area contributed by atoms with E-state index in [1.807, 2.05) is 30.3 Å². The second-order valence-corrected chi connectivity index (χ2v) is 4.06. The molecule has 0 radical (unpaired) electrons. The summed E-state index contributed by atoms with van der Waals surface area (Å²) in [4.78, 5) is 14.8. The number of rotatable bonds is 4. The average Bonchev–Trinajstić information content (AvgIpc) is 2.73. The molecule has 1 aromatic carbocycles. The second kappa shape index (κ2) is 5.01. The van der Waals surface area contributed by atoms with E-state index in [1.165, 1.54) is 0 Å². The molecule has 0 unspecified atom stereocenters. The lowest BCUT2D eigenvalue weighted by Gasteiger charge is -2.06. The highest BCUT2D eigenvalue weighted by Crippen LogP contribution is 2.18. The first kappa shape index (κ1) is 12.3. The number of carboxylic acids is 1. The number of aromatic nitrogens is 1. The summed E-state index contributed by atoms with van der Waals surface area (Å²) in [5, 5.41) is 8.89. The van der Waals surface area contributed by atoms with Crippen LogP contribution in [0.1, 0.15) is 33.7 Å². The van der Waals surface area contributed by atoms with Gasteiger partial charge in [-0.25, -0.2) is 9.78 Å². The van der Waals surface area contributed by atoms with E-state index < -0.39 is 12.0 Å². The largest absolute Gasteiger partial charge is 0.476 e. The summed E-state index contributed by atoms with van der Waals surface area (Å²) in [5.74, 6) is -0.566. The molecule has 0 aliphatic rings. The first-order chi connectivity index (χ1) is 8.58. The maximum absolute atomic E-state index is 10.9. The van der Waals surface area contributed by atoms with Crippen LogP contribution in [0.15, 0.2) is 34.7 Å². The van der Waals surface area contributed by atoms with Crippen molar-refractivity contribution in [2.45, 2.75) is 19.4 Å². The summed E-state index contributed by atoms with van der Waals surface area (Å²) in [5.41, 5.74) is 6.94. The molecule has 0 amide bonds. The van der Waals surface area contributed by atoms with Gasteiger partial charge in [-0.05, 0) is 18.9 Å². The van der Waals surface area contributed by atoms with Crippen molar-refractivity contribution in [2.24, 2.45) is 5.73 Å². The molecule has 3 N–H and O–H groups in total. The van der Waals surface area contributed by atoms with Crippen LogP contribution in [0.4, 0.5) is 0 Å². The third-order valence-electron chi connectivity index (χ3n) is 2.63. The molecule has 0 aliphatic heterocycles. The summed E-state index contributed by atoms with van der Waals surface area (Å²) < 4.78 is 5.29. The molecule has 2 aromatic rings. The van der Waals surface area contributed by atoms with Crippen molar-refractivity contribution >= 4 is 5.97 Å². The molecule has 0 aliphatic carbocycles. The van der Waals surface area contributed by atoms with Crippen LogP contribution in [0.2, 0.25) is 0 Å². The van der Waals surface area contributed by atoms with Gasteiger partial charge in [0.25, 0.3) is 0 Å². The molecule has 5 heteroatoms. The average molecular weight is 246 g/mol. The van der Waals surface area contributed by atoms with E-state index in [0.29, 0.717) is 6.42 Å². The Bertz CT molecular complexity index is 549. The Labute approximate surface area is 104 Å². The molecule has 0 spiro atoms. The van der Waals surface area contributed by atoms with E-state index >= 15 is 0 Å². The van der Waals surface area contributed by atoms with Gasteiger partial charge >= 0.3 is 5.97 Å². The number of nitrogens with two attached hydrogens (primary N) is 1. The fourth-order valence-corrected chi connectivity index (χ4v) is 1.73. The van der Waals surface area contributed by atoms with Crippen LogP contribution >= 0.6 is 0 Å². The van der Waals surface area contributed by atoms with Gasteiger partial charge in [-0.2, -0.15) is 0 Å². The van der Waals surface area contributed by atoms with Crippen LogP contribution in [0.5, 0.6) is 0 Å². The third-order valence-corrected chi connectivity index (χ3v) is 2.63. The van der Waals surface area contributed by atoms with Gasteiger partial charge in [0, 0.05) is 0 Å². The monoisotopic (exact) mass is 246 g/mol. The smallest absolute Gasteiger partial charge is 0.358 e. The van der Waals surface area contributed by atoms with Crippen molar-refractivity contribution in [3.63, 3.8) is 0 Å². The highest BCUT2D eigenvalue weighted by molar-refractivity contribution is 5.86. The molecule has 94 valence electrons. The van der Waals surface area contributed by atoms with Crippen molar-refractivity contribution in [3.05, 3.63) is 53.2 Å². The third kappa shape index (κ3) is 2.57. The quantitative estimate of drug-likeness (QED) is 0.860. The number of aromatic carboxylic acids is 1. The van der Waals surface area contributed by atoms with Gasteiger partial charge in [-0.1, -0.05) is 30.3 Å². The maximum Gasteiger partial charge on any atom is 0.358 e. The fraction of sp³-hybridized carbons (Fsp3) is 0.231. The van der Waals surface area contributed by atoms with Crippen LogP contribution in [0.3, 0.4) is 0 Å². The molecule has 18 heavy (non-hydrogen) atoms. The normalized spacial score (nSPS) is 12.3. The van der Waals surface area contributed by atoms with Gasteiger partial charge in [0.2, 0.25) is 5.89 Å². The van der Waals surface area contributed by atoms with Gasteiger partial charge < -0.3 is 15.3 Å². The molecule has 1 heterocycles. The lowest BCUT2D eigenvalue weighted by atomic mass is 10.1. The van der Waals surface area contributed by atoms with Crippen LogP contribution in [-0.4, -0.2) is 16.1 Å². The number of hydrogen-bond donors (Lipinski definition) is 2. The molecule has 1 aromatic heterocycles. The Balaban J connectivity index is 2.17. The Morgan fingerprint density at radius 1 is 1.44 bits per heavy atom. The van der Waals surface area contributed by atoms with Crippen LogP contribution < -0.4 is 5.73 Å². The van der Waals surface area contributed by atoms with Crippen molar-refractivity contribution in [3.8, 4) is 0 Å². The van der Waals surface area contributed by atoms with E-state index in [9.17, 15) is 4.79 Å². The van der Waals surface area contributed by atoms with Crippen molar-refractivity contribution in [2.75, 3.05) is 0 Å². The molecule has 0 fully saturated rings. The number of aryl methyl sites for hydroxylation is 1. The van der Waals surface area contributed by atoms with E-state index in [2.05, 4.69) is 4.98 Å². The SMILES string of the molecule is Cc1oc([C@@H](N)Cc2ccccc2)nc1C(=O)O. The Hall–Kier alpha value is -2.14. The fourth-order valence-electron chi connectivity index (χ4n) is 1.73. The Morgan fingerprint density at radius 3 is 2.67 bits per heavy atom. The topological polar surface area (TPSA) is 89.4 Å². The number of carboxylic acid groups (broad SMARTS) is 1. The molecular weight excluding hydrogens is 232 g/mol. The van der Waals surface area contributed by atoms with Crippen LogP contribution in [-0.2, 0) is 6.42 Å². The first-order valence-electron chi connectivity index (χ1n) is 5.58. The second-order valence-electron chi connectivity index (χ2n) is 4.06. The minimum absolute atomic E-state index is 0.0755. The summed E-state index contributed by atoms with van der Waals surface area (Å²) in [6, 6.07) is 9.23. The van der Waals surface area contributed by atoms with Gasteiger partial charge in [-0.15, -0.1) is 0 Å². The number of nitrogens with zero attached hydrogens (tertiary/aromatic N) is 1. The molecule has 0 saturated heterocycles. The predicted molar refractivity (Wildman–Crippen MR) is 65.3 cm³/mol. The van der Waals surface area contributed by atoms with E-state index in [-0.39, 0.29) is 17.3 Å². The standard InChI is InChI=1S/C13H14N2O3/c1-8-11(13(16)17)15-12(18-8)10(14)7-9-5-3-2-4-6-9/h2-6,10H,7,14H2,1H3,(H,16,17)/t10-/m0/s1. The molecule has 2 rings (SSSR count). The number of benzene rings is 1. The number of carbonyl (C=O) groups is 1. The predicted octanol–water partition coefficient (Wildman–Crippen LogP) is 1.92. The summed E-state index contributed by atoms with van der Waals surface area (Å²) in [7, 11) is 0. The van der Waals surface area contributed by atoms with Gasteiger partial charge in [0.15, 0.2) is 5.69 Å². The molecule has 0 saturated carbocycles.